The maximum absolute atomic E-state index is 12.3. The lowest BCUT2D eigenvalue weighted by Crippen LogP contribution is -2.52. The minimum absolute atomic E-state index is 0.0733. The highest BCUT2D eigenvalue weighted by Gasteiger charge is 2.33. The maximum atomic E-state index is 12.3. The lowest BCUT2D eigenvalue weighted by Gasteiger charge is -2.37. The number of aromatic nitrogens is 1. The number of urea groups is 1. The Morgan fingerprint density at radius 3 is 3.00 bits per heavy atom. The number of piperidine rings is 1. The lowest BCUT2D eigenvalue weighted by atomic mass is 9.98. The number of carbonyl (C=O) groups is 2. The van der Waals surface area contributed by atoms with Crippen molar-refractivity contribution >= 4 is 23.5 Å². The Kier molecular flexibility index (Phi) is 4.82. The highest BCUT2D eigenvalue weighted by Crippen LogP contribution is 2.21. The van der Waals surface area contributed by atoms with Crippen LogP contribution in [0.5, 0.6) is 0 Å². The molecule has 1 aromatic heterocycles. The molecule has 0 bridgehead atoms. The molecule has 2 fully saturated rings. The molecule has 0 aliphatic carbocycles. The van der Waals surface area contributed by atoms with Crippen LogP contribution in [-0.4, -0.2) is 64.4 Å². The van der Waals surface area contributed by atoms with Crippen molar-refractivity contribution < 1.29 is 9.59 Å². The fourth-order valence-corrected chi connectivity index (χ4v) is 3.82. The van der Waals surface area contributed by atoms with Gasteiger partial charge in [0.1, 0.15) is 6.04 Å². The second-order valence-corrected chi connectivity index (χ2v) is 7.33. The molecule has 3 atom stereocenters. The van der Waals surface area contributed by atoms with Gasteiger partial charge >= 0.3 is 6.03 Å². The van der Waals surface area contributed by atoms with Crippen molar-refractivity contribution in [3.05, 3.63) is 17.1 Å². The molecule has 2 aliphatic heterocycles. The van der Waals surface area contributed by atoms with Crippen molar-refractivity contribution in [1.29, 1.82) is 0 Å². The summed E-state index contributed by atoms with van der Waals surface area (Å²) in [5.74, 6) is -0.0733. The molecule has 0 spiro atoms. The van der Waals surface area contributed by atoms with E-state index in [2.05, 4.69) is 32.9 Å². The number of carbonyl (C=O) groups excluding carboxylic acids is 2. The minimum atomic E-state index is -0.432. The van der Waals surface area contributed by atoms with Crippen molar-refractivity contribution in [2.45, 2.75) is 44.4 Å². The van der Waals surface area contributed by atoms with Gasteiger partial charge in [-0.1, -0.05) is 0 Å². The first-order valence-corrected chi connectivity index (χ1v) is 8.76. The number of nitrogens with zero attached hydrogens (tertiary/aromatic N) is 3. The number of hydrogen-bond donors (Lipinski definition) is 2. The smallest absolute Gasteiger partial charge is 0.317 e. The summed E-state index contributed by atoms with van der Waals surface area (Å²) in [4.78, 5) is 29.0. The largest absolute Gasteiger partial charge is 0.351 e. The first kappa shape index (κ1) is 16.2. The van der Waals surface area contributed by atoms with Crippen molar-refractivity contribution in [1.82, 2.24) is 24.8 Å². The van der Waals surface area contributed by atoms with Gasteiger partial charge in [-0.15, -0.1) is 0 Å². The molecule has 23 heavy (non-hydrogen) atoms. The van der Waals surface area contributed by atoms with Crippen LogP contribution in [0.25, 0.3) is 0 Å². The van der Waals surface area contributed by atoms with Crippen LogP contribution in [0.3, 0.4) is 0 Å². The first-order chi connectivity index (χ1) is 11.0. The number of likely N-dealkylation sites (N-methyl/N-ethyl adjacent to an activating group) is 1. The van der Waals surface area contributed by atoms with Crippen LogP contribution in [0.2, 0.25) is 0 Å². The number of hydrogen-bond acceptors (Lipinski definition) is 5. The normalized spacial score (nSPS) is 28.7. The van der Waals surface area contributed by atoms with Gasteiger partial charge in [0.15, 0.2) is 0 Å². The van der Waals surface area contributed by atoms with Crippen LogP contribution in [0.15, 0.2) is 12.3 Å². The van der Waals surface area contributed by atoms with Crippen molar-refractivity contribution in [2.75, 3.05) is 20.1 Å². The van der Waals surface area contributed by atoms with E-state index in [1.165, 1.54) is 9.78 Å². The van der Waals surface area contributed by atoms with Gasteiger partial charge in [-0.25, -0.2) is 9.17 Å². The monoisotopic (exact) mass is 337 g/mol. The van der Waals surface area contributed by atoms with E-state index in [4.69, 9.17) is 0 Å². The van der Waals surface area contributed by atoms with Gasteiger partial charge in [0.25, 0.3) is 0 Å². The Morgan fingerprint density at radius 1 is 1.57 bits per heavy atom. The third-order valence-corrected chi connectivity index (χ3v) is 5.35. The van der Waals surface area contributed by atoms with Gasteiger partial charge in [0.05, 0.1) is 6.54 Å². The van der Waals surface area contributed by atoms with E-state index in [9.17, 15) is 9.59 Å². The van der Waals surface area contributed by atoms with Gasteiger partial charge in [0, 0.05) is 43.3 Å². The molecule has 3 amide bonds. The van der Waals surface area contributed by atoms with E-state index in [1.807, 2.05) is 6.20 Å². The molecule has 3 heterocycles. The van der Waals surface area contributed by atoms with Gasteiger partial charge in [0.2, 0.25) is 5.91 Å². The topological polar surface area (TPSA) is 77.6 Å². The molecular weight excluding hydrogens is 314 g/mol. The summed E-state index contributed by atoms with van der Waals surface area (Å²) in [5, 5.41) is 5.80. The fraction of sp³-hybridized carbons (Fsp3) is 0.667. The van der Waals surface area contributed by atoms with Gasteiger partial charge < -0.3 is 15.5 Å². The SMILES string of the molecule is CC1CC(NC(=O)C2CN(C)C(=O)N2)CCN1Cc1ccns1. The Hall–Kier alpha value is -1.67. The summed E-state index contributed by atoms with van der Waals surface area (Å²) in [6.45, 7) is 4.52. The fourth-order valence-electron chi connectivity index (χ4n) is 3.22. The Balaban J connectivity index is 1.48. The maximum Gasteiger partial charge on any atom is 0.317 e. The van der Waals surface area contributed by atoms with E-state index >= 15 is 0 Å². The van der Waals surface area contributed by atoms with Crippen molar-refractivity contribution in [3.63, 3.8) is 0 Å². The Morgan fingerprint density at radius 2 is 2.39 bits per heavy atom. The molecule has 3 rings (SSSR count). The summed E-state index contributed by atoms with van der Waals surface area (Å²) in [6.07, 6.45) is 3.71. The second-order valence-electron chi connectivity index (χ2n) is 6.41. The molecular formula is C15H23N5O2S. The van der Waals surface area contributed by atoms with Gasteiger partial charge in [-0.05, 0) is 37.4 Å². The van der Waals surface area contributed by atoms with E-state index in [-0.39, 0.29) is 18.0 Å². The molecule has 8 heteroatoms. The number of likely N-dealkylation sites (tertiary alicyclic amines) is 1. The standard InChI is InChI=1S/C15H23N5O2S/c1-10-7-11(4-6-20(10)8-12-3-5-16-23-12)17-14(21)13-9-19(2)15(22)18-13/h3,5,10-11,13H,4,6-9H2,1-2H3,(H,17,21)(H,18,22). The summed E-state index contributed by atoms with van der Waals surface area (Å²) in [7, 11) is 1.70. The summed E-state index contributed by atoms with van der Waals surface area (Å²) in [5.41, 5.74) is 0. The second kappa shape index (κ2) is 6.84. The summed E-state index contributed by atoms with van der Waals surface area (Å²) in [6, 6.07) is 2.04. The third kappa shape index (κ3) is 3.81. The molecule has 2 N–H and O–H groups in total. The average molecular weight is 337 g/mol. The molecule has 0 aromatic carbocycles. The van der Waals surface area contributed by atoms with E-state index < -0.39 is 6.04 Å². The van der Waals surface area contributed by atoms with Crippen LogP contribution >= 0.6 is 11.5 Å². The highest BCUT2D eigenvalue weighted by atomic mass is 32.1. The predicted molar refractivity (Wildman–Crippen MR) is 88.1 cm³/mol. The molecule has 1 aromatic rings. The molecule has 2 aliphatic rings. The van der Waals surface area contributed by atoms with Crippen LogP contribution in [-0.2, 0) is 11.3 Å². The zero-order valence-corrected chi connectivity index (χ0v) is 14.3. The molecule has 126 valence electrons. The van der Waals surface area contributed by atoms with Crippen LogP contribution in [0.1, 0.15) is 24.6 Å². The van der Waals surface area contributed by atoms with Crippen LogP contribution in [0.4, 0.5) is 4.79 Å². The van der Waals surface area contributed by atoms with Gasteiger partial charge in [-0.3, -0.25) is 9.69 Å². The molecule has 2 saturated heterocycles. The van der Waals surface area contributed by atoms with E-state index in [0.717, 1.165) is 25.9 Å². The summed E-state index contributed by atoms with van der Waals surface area (Å²) < 4.78 is 4.14. The van der Waals surface area contributed by atoms with Crippen LogP contribution in [0, 0.1) is 0 Å². The first-order valence-electron chi connectivity index (χ1n) is 7.98. The van der Waals surface area contributed by atoms with E-state index in [0.29, 0.717) is 12.6 Å². The highest BCUT2D eigenvalue weighted by molar-refractivity contribution is 7.05. The quantitative estimate of drug-likeness (QED) is 0.845. The Labute approximate surface area is 140 Å². The lowest BCUT2D eigenvalue weighted by molar-refractivity contribution is -0.123. The van der Waals surface area contributed by atoms with Crippen molar-refractivity contribution in [2.24, 2.45) is 0 Å². The number of amides is 3. The zero-order chi connectivity index (χ0) is 16.4. The number of nitrogens with one attached hydrogen (secondary N) is 2. The average Bonchev–Trinajstić information content (AvgIpc) is 3.13. The molecule has 0 radical (unpaired) electrons. The molecule has 7 nitrogen and oxygen atoms in total. The van der Waals surface area contributed by atoms with Crippen LogP contribution < -0.4 is 10.6 Å². The third-order valence-electron chi connectivity index (χ3n) is 4.63. The Bertz CT molecular complexity index is 564. The number of rotatable bonds is 4. The predicted octanol–water partition coefficient (Wildman–Crippen LogP) is 0.636. The summed E-state index contributed by atoms with van der Waals surface area (Å²) >= 11 is 1.54. The van der Waals surface area contributed by atoms with Crippen molar-refractivity contribution in [3.8, 4) is 0 Å². The van der Waals surface area contributed by atoms with E-state index in [1.54, 1.807) is 18.6 Å². The van der Waals surface area contributed by atoms with Gasteiger partial charge in [-0.2, -0.15) is 0 Å². The molecule has 0 saturated carbocycles. The zero-order valence-electron chi connectivity index (χ0n) is 13.5. The minimum Gasteiger partial charge on any atom is -0.351 e. The molecule has 3 unspecified atom stereocenters.